The first kappa shape index (κ1) is 14.4. The van der Waals surface area contributed by atoms with Crippen LogP contribution >= 0.6 is 15.9 Å². The summed E-state index contributed by atoms with van der Waals surface area (Å²) in [4.78, 5) is 0.0926. The van der Waals surface area contributed by atoms with Gasteiger partial charge in [0.05, 0.1) is 7.11 Å². The van der Waals surface area contributed by atoms with Crippen LogP contribution in [0.3, 0.4) is 0 Å². The van der Waals surface area contributed by atoms with E-state index in [9.17, 15) is 8.42 Å². The van der Waals surface area contributed by atoms with Crippen molar-refractivity contribution in [1.29, 1.82) is 0 Å². The van der Waals surface area contributed by atoms with Crippen molar-refractivity contribution in [1.82, 2.24) is 4.72 Å². The summed E-state index contributed by atoms with van der Waals surface area (Å²) in [6, 6.07) is 4.54. The number of nitrogens with one attached hydrogen (secondary N) is 1. The Balaban J connectivity index is 3.09. The molecular formula is C10H15BrN2O3S. The maximum Gasteiger partial charge on any atom is 0.244 e. The molecular weight excluding hydrogens is 308 g/mol. The summed E-state index contributed by atoms with van der Waals surface area (Å²) in [6.45, 7) is 1.90. The minimum absolute atomic E-state index is 0.0926. The maximum absolute atomic E-state index is 12.0. The van der Waals surface area contributed by atoms with Crippen LogP contribution in [-0.2, 0) is 10.0 Å². The van der Waals surface area contributed by atoms with Gasteiger partial charge in [-0.1, -0.05) is 15.9 Å². The molecule has 0 bridgehead atoms. The van der Waals surface area contributed by atoms with Crippen molar-refractivity contribution >= 4 is 26.0 Å². The molecule has 0 amide bonds. The van der Waals surface area contributed by atoms with E-state index in [1.54, 1.807) is 19.1 Å². The fourth-order valence-electron chi connectivity index (χ4n) is 1.18. The average molecular weight is 323 g/mol. The van der Waals surface area contributed by atoms with E-state index in [1.165, 1.54) is 13.2 Å². The Kier molecular flexibility index (Phi) is 4.93. The number of sulfonamides is 1. The van der Waals surface area contributed by atoms with Gasteiger partial charge in [-0.3, -0.25) is 0 Å². The lowest BCUT2D eigenvalue weighted by Crippen LogP contribution is -2.35. The van der Waals surface area contributed by atoms with Gasteiger partial charge in [0, 0.05) is 17.1 Å². The van der Waals surface area contributed by atoms with Crippen molar-refractivity contribution in [3.05, 3.63) is 22.7 Å². The molecule has 1 aromatic rings. The molecule has 0 spiro atoms. The number of benzene rings is 1. The van der Waals surface area contributed by atoms with E-state index >= 15 is 0 Å². The molecule has 0 saturated heterocycles. The second-order valence-corrected chi connectivity index (χ2v) is 6.28. The molecule has 1 aromatic carbocycles. The summed E-state index contributed by atoms with van der Waals surface area (Å²) >= 11 is 3.23. The lowest BCUT2D eigenvalue weighted by molar-refractivity contribution is 0.402. The van der Waals surface area contributed by atoms with Crippen LogP contribution in [0, 0.1) is 0 Å². The van der Waals surface area contributed by atoms with Crippen molar-refractivity contribution in [2.24, 2.45) is 5.73 Å². The number of rotatable bonds is 5. The molecule has 0 aliphatic rings. The van der Waals surface area contributed by atoms with Gasteiger partial charge < -0.3 is 10.5 Å². The van der Waals surface area contributed by atoms with Crippen LogP contribution in [0.4, 0.5) is 0 Å². The Bertz CT molecular complexity index is 488. The molecule has 0 heterocycles. The van der Waals surface area contributed by atoms with E-state index in [-0.39, 0.29) is 17.5 Å². The molecule has 0 saturated carbocycles. The third kappa shape index (κ3) is 3.95. The largest absolute Gasteiger partial charge is 0.495 e. The van der Waals surface area contributed by atoms with E-state index in [0.29, 0.717) is 10.2 Å². The van der Waals surface area contributed by atoms with Gasteiger partial charge in [-0.05, 0) is 25.1 Å². The highest BCUT2D eigenvalue weighted by Crippen LogP contribution is 2.26. The monoisotopic (exact) mass is 322 g/mol. The van der Waals surface area contributed by atoms with Crippen LogP contribution in [0.15, 0.2) is 27.6 Å². The fourth-order valence-corrected chi connectivity index (χ4v) is 3.03. The Hall–Kier alpha value is -0.630. The molecule has 17 heavy (non-hydrogen) atoms. The fraction of sp³-hybridized carbons (Fsp3) is 0.400. The summed E-state index contributed by atoms with van der Waals surface area (Å²) in [6.07, 6.45) is 0. The summed E-state index contributed by atoms with van der Waals surface area (Å²) < 4.78 is 32.1. The predicted molar refractivity (Wildman–Crippen MR) is 69.5 cm³/mol. The lowest BCUT2D eigenvalue weighted by Gasteiger charge is -2.12. The predicted octanol–water partition coefficient (Wildman–Crippen LogP) is 1.08. The van der Waals surface area contributed by atoms with E-state index in [0.717, 1.165) is 0 Å². The Labute approximate surface area is 110 Å². The molecule has 0 radical (unpaired) electrons. The van der Waals surface area contributed by atoms with Gasteiger partial charge in [0.1, 0.15) is 10.6 Å². The molecule has 0 aromatic heterocycles. The van der Waals surface area contributed by atoms with Gasteiger partial charge in [-0.2, -0.15) is 0 Å². The molecule has 3 N–H and O–H groups in total. The third-order valence-electron chi connectivity index (χ3n) is 2.01. The summed E-state index contributed by atoms with van der Waals surface area (Å²) in [5.41, 5.74) is 5.51. The number of ether oxygens (including phenoxy) is 1. The van der Waals surface area contributed by atoms with Crippen LogP contribution in [0.1, 0.15) is 6.92 Å². The molecule has 1 atom stereocenters. The molecule has 0 fully saturated rings. The third-order valence-corrected chi connectivity index (χ3v) is 3.95. The number of methoxy groups -OCH3 is 1. The van der Waals surface area contributed by atoms with Crippen LogP contribution in [0.25, 0.3) is 0 Å². The van der Waals surface area contributed by atoms with Crippen molar-refractivity contribution in [3.63, 3.8) is 0 Å². The topological polar surface area (TPSA) is 81.4 Å². The molecule has 5 nitrogen and oxygen atoms in total. The van der Waals surface area contributed by atoms with Crippen LogP contribution in [-0.4, -0.2) is 28.1 Å². The van der Waals surface area contributed by atoms with Crippen molar-refractivity contribution in [2.45, 2.75) is 17.9 Å². The molecule has 0 aliphatic heterocycles. The Morgan fingerprint density at radius 1 is 1.53 bits per heavy atom. The second kappa shape index (κ2) is 5.81. The van der Waals surface area contributed by atoms with Gasteiger partial charge in [0.2, 0.25) is 10.0 Å². The Morgan fingerprint density at radius 2 is 2.18 bits per heavy atom. The van der Waals surface area contributed by atoms with Crippen LogP contribution in [0.2, 0.25) is 0 Å². The van der Waals surface area contributed by atoms with Crippen LogP contribution < -0.4 is 15.2 Å². The number of nitrogens with two attached hydrogens (primary N) is 1. The average Bonchev–Trinajstić information content (AvgIpc) is 2.26. The van der Waals surface area contributed by atoms with Crippen molar-refractivity contribution in [3.8, 4) is 5.75 Å². The highest BCUT2D eigenvalue weighted by molar-refractivity contribution is 9.10. The van der Waals surface area contributed by atoms with E-state index in [2.05, 4.69) is 20.7 Å². The number of hydrogen-bond acceptors (Lipinski definition) is 4. The minimum Gasteiger partial charge on any atom is -0.495 e. The maximum atomic E-state index is 12.0. The van der Waals surface area contributed by atoms with E-state index in [1.807, 2.05) is 0 Å². The summed E-state index contributed by atoms with van der Waals surface area (Å²) in [5, 5.41) is 0. The second-order valence-electron chi connectivity index (χ2n) is 3.62. The zero-order valence-corrected chi connectivity index (χ0v) is 12.0. The van der Waals surface area contributed by atoms with Gasteiger partial charge in [0.25, 0.3) is 0 Å². The highest BCUT2D eigenvalue weighted by atomic mass is 79.9. The van der Waals surface area contributed by atoms with E-state index in [4.69, 9.17) is 10.5 Å². The zero-order chi connectivity index (χ0) is 13.1. The van der Waals surface area contributed by atoms with Gasteiger partial charge in [-0.15, -0.1) is 0 Å². The quantitative estimate of drug-likeness (QED) is 0.850. The lowest BCUT2D eigenvalue weighted by atomic mass is 10.3. The first-order valence-electron chi connectivity index (χ1n) is 4.95. The molecule has 1 unspecified atom stereocenters. The van der Waals surface area contributed by atoms with Gasteiger partial charge >= 0.3 is 0 Å². The standard InChI is InChI=1S/C10H15BrN2O3S/c1-7(12)6-13-17(14,15)10-5-8(11)3-4-9(10)16-2/h3-5,7,13H,6,12H2,1-2H3. The molecule has 1 rings (SSSR count). The minimum atomic E-state index is -3.61. The normalized spacial score (nSPS) is 13.4. The SMILES string of the molecule is COc1ccc(Br)cc1S(=O)(=O)NCC(C)N. The molecule has 0 aliphatic carbocycles. The summed E-state index contributed by atoms with van der Waals surface area (Å²) in [5.74, 6) is 0.297. The molecule has 7 heteroatoms. The highest BCUT2D eigenvalue weighted by Gasteiger charge is 2.19. The Morgan fingerprint density at radius 3 is 2.71 bits per heavy atom. The molecule has 96 valence electrons. The van der Waals surface area contributed by atoms with Gasteiger partial charge in [-0.25, -0.2) is 13.1 Å². The first-order chi connectivity index (χ1) is 7.86. The number of hydrogen-bond donors (Lipinski definition) is 2. The van der Waals surface area contributed by atoms with E-state index < -0.39 is 10.0 Å². The van der Waals surface area contributed by atoms with Crippen molar-refractivity contribution in [2.75, 3.05) is 13.7 Å². The number of halogens is 1. The van der Waals surface area contributed by atoms with Crippen molar-refractivity contribution < 1.29 is 13.2 Å². The van der Waals surface area contributed by atoms with Crippen LogP contribution in [0.5, 0.6) is 5.75 Å². The summed E-state index contributed by atoms with van der Waals surface area (Å²) in [7, 11) is -2.18. The first-order valence-corrected chi connectivity index (χ1v) is 7.23. The zero-order valence-electron chi connectivity index (χ0n) is 9.60. The van der Waals surface area contributed by atoms with Gasteiger partial charge in [0.15, 0.2) is 0 Å². The smallest absolute Gasteiger partial charge is 0.244 e.